The standard InChI is InChI=1S/C12H11BrFN3O/c1-6-11(7(2)17-16-6)12(18)15-10-5-8(14)3-4-9(10)13/h3-5H,1-2H3,(H,15,18)(H,16,17). The quantitative estimate of drug-likeness (QED) is 0.895. The molecule has 0 bridgehead atoms. The summed E-state index contributed by atoms with van der Waals surface area (Å²) in [6.07, 6.45) is 0. The SMILES string of the molecule is Cc1n[nH]c(C)c1C(=O)Nc1cc(F)ccc1Br. The summed E-state index contributed by atoms with van der Waals surface area (Å²) < 4.78 is 13.7. The second-order valence-electron chi connectivity index (χ2n) is 3.89. The molecule has 0 unspecified atom stereocenters. The number of rotatable bonds is 2. The topological polar surface area (TPSA) is 57.8 Å². The minimum Gasteiger partial charge on any atom is -0.321 e. The molecule has 18 heavy (non-hydrogen) atoms. The van der Waals surface area contributed by atoms with Gasteiger partial charge in [0.2, 0.25) is 0 Å². The highest BCUT2D eigenvalue weighted by Crippen LogP contribution is 2.24. The molecule has 0 aliphatic rings. The van der Waals surface area contributed by atoms with Crippen molar-refractivity contribution in [3.8, 4) is 0 Å². The van der Waals surface area contributed by atoms with Crippen LogP contribution in [-0.2, 0) is 0 Å². The van der Waals surface area contributed by atoms with E-state index in [-0.39, 0.29) is 5.91 Å². The highest BCUT2D eigenvalue weighted by Gasteiger charge is 2.16. The number of benzene rings is 1. The lowest BCUT2D eigenvalue weighted by atomic mass is 10.2. The van der Waals surface area contributed by atoms with Gasteiger partial charge in [-0.05, 0) is 48.0 Å². The summed E-state index contributed by atoms with van der Waals surface area (Å²) >= 11 is 3.25. The predicted octanol–water partition coefficient (Wildman–Crippen LogP) is 3.18. The van der Waals surface area contributed by atoms with Crippen LogP contribution in [0.25, 0.3) is 0 Å². The summed E-state index contributed by atoms with van der Waals surface area (Å²) in [6, 6.07) is 4.11. The molecular formula is C12H11BrFN3O. The first-order chi connectivity index (χ1) is 8.49. The molecule has 0 aliphatic heterocycles. The molecule has 1 heterocycles. The van der Waals surface area contributed by atoms with Gasteiger partial charge in [0.05, 0.1) is 16.9 Å². The summed E-state index contributed by atoms with van der Waals surface area (Å²) in [5.41, 5.74) is 2.15. The zero-order valence-corrected chi connectivity index (χ0v) is 11.4. The number of H-pyrrole nitrogens is 1. The number of hydrogen-bond donors (Lipinski definition) is 2. The largest absolute Gasteiger partial charge is 0.321 e. The zero-order chi connectivity index (χ0) is 13.3. The molecule has 94 valence electrons. The fourth-order valence-corrected chi connectivity index (χ4v) is 2.01. The number of nitrogens with zero attached hydrogens (tertiary/aromatic N) is 1. The van der Waals surface area contributed by atoms with E-state index in [1.807, 2.05) is 0 Å². The van der Waals surface area contributed by atoms with Crippen molar-refractivity contribution in [3.05, 3.63) is 45.4 Å². The number of nitrogens with one attached hydrogen (secondary N) is 2. The highest BCUT2D eigenvalue weighted by molar-refractivity contribution is 9.10. The molecule has 0 aliphatic carbocycles. The lowest BCUT2D eigenvalue weighted by molar-refractivity contribution is 0.102. The Morgan fingerprint density at radius 1 is 1.44 bits per heavy atom. The molecule has 0 saturated carbocycles. The number of aromatic amines is 1. The van der Waals surface area contributed by atoms with Crippen LogP contribution in [0, 0.1) is 19.7 Å². The number of aromatic nitrogens is 2. The molecule has 0 atom stereocenters. The van der Waals surface area contributed by atoms with Gasteiger partial charge >= 0.3 is 0 Å². The van der Waals surface area contributed by atoms with Crippen molar-refractivity contribution < 1.29 is 9.18 Å². The van der Waals surface area contributed by atoms with Gasteiger partial charge in [-0.1, -0.05) is 0 Å². The van der Waals surface area contributed by atoms with Gasteiger partial charge in [0.15, 0.2) is 0 Å². The van der Waals surface area contributed by atoms with E-state index in [4.69, 9.17) is 0 Å². The first-order valence-electron chi connectivity index (χ1n) is 5.27. The first-order valence-corrected chi connectivity index (χ1v) is 6.06. The van der Waals surface area contributed by atoms with Crippen LogP contribution in [0.4, 0.5) is 10.1 Å². The van der Waals surface area contributed by atoms with E-state index in [1.165, 1.54) is 12.1 Å². The molecule has 2 rings (SSSR count). The molecule has 0 fully saturated rings. The van der Waals surface area contributed by atoms with E-state index >= 15 is 0 Å². The molecular weight excluding hydrogens is 301 g/mol. The van der Waals surface area contributed by atoms with Gasteiger partial charge < -0.3 is 5.32 Å². The van der Waals surface area contributed by atoms with Crippen LogP contribution in [-0.4, -0.2) is 16.1 Å². The molecule has 1 amide bonds. The number of carbonyl (C=O) groups is 1. The van der Waals surface area contributed by atoms with Crippen LogP contribution in [0.1, 0.15) is 21.7 Å². The van der Waals surface area contributed by atoms with Crippen LogP contribution >= 0.6 is 15.9 Å². The normalized spacial score (nSPS) is 10.4. The Morgan fingerprint density at radius 2 is 2.17 bits per heavy atom. The summed E-state index contributed by atoms with van der Waals surface area (Å²) in [5, 5.41) is 9.33. The van der Waals surface area contributed by atoms with Crippen LogP contribution < -0.4 is 5.32 Å². The van der Waals surface area contributed by atoms with Gasteiger partial charge in [-0.15, -0.1) is 0 Å². The highest BCUT2D eigenvalue weighted by atomic mass is 79.9. The molecule has 0 saturated heterocycles. The second-order valence-corrected chi connectivity index (χ2v) is 4.74. The number of carbonyl (C=O) groups excluding carboxylic acids is 1. The molecule has 1 aromatic heterocycles. The van der Waals surface area contributed by atoms with Crippen molar-refractivity contribution in [3.63, 3.8) is 0 Å². The van der Waals surface area contributed by atoms with Gasteiger partial charge in [-0.2, -0.15) is 5.10 Å². The number of anilines is 1. The Hall–Kier alpha value is -1.69. The third-order valence-electron chi connectivity index (χ3n) is 2.53. The maximum Gasteiger partial charge on any atom is 0.259 e. The predicted molar refractivity (Wildman–Crippen MR) is 70.1 cm³/mol. The zero-order valence-electron chi connectivity index (χ0n) is 9.84. The molecule has 6 heteroatoms. The maximum atomic E-state index is 13.1. The number of amides is 1. The van der Waals surface area contributed by atoms with Gasteiger partial charge in [-0.25, -0.2) is 4.39 Å². The third kappa shape index (κ3) is 2.43. The van der Waals surface area contributed by atoms with Gasteiger partial charge in [0, 0.05) is 10.2 Å². The Kier molecular flexibility index (Phi) is 3.47. The van der Waals surface area contributed by atoms with E-state index in [9.17, 15) is 9.18 Å². The maximum absolute atomic E-state index is 13.1. The number of hydrogen-bond acceptors (Lipinski definition) is 2. The average molecular weight is 312 g/mol. The minimum atomic E-state index is -0.408. The van der Waals surface area contributed by atoms with Gasteiger partial charge in [-0.3, -0.25) is 9.89 Å². The fourth-order valence-electron chi connectivity index (χ4n) is 1.66. The Morgan fingerprint density at radius 3 is 2.78 bits per heavy atom. The van der Waals surface area contributed by atoms with E-state index in [1.54, 1.807) is 19.9 Å². The minimum absolute atomic E-state index is 0.315. The summed E-state index contributed by atoms with van der Waals surface area (Å²) in [6.45, 7) is 3.49. The average Bonchev–Trinajstić information content (AvgIpc) is 2.63. The third-order valence-corrected chi connectivity index (χ3v) is 3.22. The Bertz CT molecular complexity index is 590. The molecule has 0 spiro atoms. The smallest absolute Gasteiger partial charge is 0.259 e. The molecule has 4 nitrogen and oxygen atoms in total. The lowest BCUT2D eigenvalue weighted by Crippen LogP contribution is -2.14. The van der Waals surface area contributed by atoms with Crippen molar-refractivity contribution in [2.45, 2.75) is 13.8 Å². The lowest BCUT2D eigenvalue weighted by Gasteiger charge is -2.07. The summed E-state index contributed by atoms with van der Waals surface area (Å²) in [4.78, 5) is 12.1. The fraction of sp³-hybridized carbons (Fsp3) is 0.167. The van der Waals surface area contributed by atoms with Crippen LogP contribution in [0.5, 0.6) is 0 Å². The van der Waals surface area contributed by atoms with Crippen LogP contribution in [0.2, 0.25) is 0 Å². The first kappa shape index (κ1) is 12.8. The van der Waals surface area contributed by atoms with Crippen molar-refractivity contribution in [2.24, 2.45) is 0 Å². The van der Waals surface area contributed by atoms with E-state index in [0.29, 0.717) is 27.1 Å². The van der Waals surface area contributed by atoms with Crippen molar-refractivity contribution in [1.82, 2.24) is 10.2 Å². The number of halogens is 2. The molecule has 1 aromatic carbocycles. The Labute approximate surface area is 112 Å². The molecule has 2 N–H and O–H groups in total. The van der Waals surface area contributed by atoms with Crippen molar-refractivity contribution >= 4 is 27.5 Å². The van der Waals surface area contributed by atoms with Gasteiger partial charge in [0.1, 0.15) is 5.82 Å². The van der Waals surface area contributed by atoms with Crippen LogP contribution in [0.3, 0.4) is 0 Å². The van der Waals surface area contributed by atoms with E-state index < -0.39 is 5.82 Å². The Balaban J connectivity index is 2.30. The summed E-state index contributed by atoms with van der Waals surface area (Å²) in [7, 11) is 0. The number of aryl methyl sites for hydroxylation is 2. The van der Waals surface area contributed by atoms with Gasteiger partial charge in [0.25, 0.3) is 5.91 Å². The van der Waals surface area contributed by atoms with E-state index in [2.05, 4.69) is 31.4 Å². The van der Waals surface area contributed by atoms with Crippen LogP contribution in [0.15, 0.2) is 22.7 Å². The van der Waals surface area contributed by atoms with Crippen molar-refractivity contribution in [1.29, 1.82) is 0 Å². The monoisotopic (exact) mass is 311 g/mol. The second kappa shape index (κ2) is 4.89. The summed E-state index contributed by atoms with van der Waals surface area (Å²) in [5.74, 6) is -0.723. The molecule has 2 aromatic rings. The van der Waals surface area contributed by atoms with E-state index in [0.717, 1.165) is 0 Å². The van der Waals surface area contributed by atoms with Crippen molar-refractivity contribution in [2.75, 3.05) is 5.32 Å². The molecule has 0 radical (unpaired) electrons.